The van der Waals surface area contributed by atoms with E-state index in [4.69, 9.17) is 0 Å². The highest BCUT2D eigenvalue weighted by atomic mass is 32.1. The van der Waals surface area contributed by atoms with Gasteiger partial charge in [-0.25, -0.2) is 0 Å². The minimum absolute atomic E-state index is 0.0884. The van der Waals surface area contributed by atoms with Crippen LogP contribution in [0.15, 0.2) is 17.5 Å². The molecule has 0 radical (unpaired) electrons. The van der Waals surface area contributed by atoms with Crippen molar-refractivity contribution in [3.63, 3.8) is 0 Å². The van der Waals surface area contributed by atoms with Gasteiger partial charge in [-0.05, 0) is 37.6 Å². The third-order valence-corrected chi connectivity index (χ3v) is 4.36. The SMILES string of the molecule is CC1CCCCN1C(=O)CCNC(=O)c1cccs1. The fourth-order valence-corrected chi connectivity index (χ4v) is 3.03. The van der Waals surface area contributed by atoms with Gasteiger partial charge >= 0.3 is 0 Å². The molecule has 1 aromatic rings. The molecule has 0 bridgehead atoms. The van der Waals surface area contributed by atoms with Crippen LogP contribution in [0.3, 0.4) is 0 Å². The van der Waals surface area contributed by atoms with Crippen molar-refractivity contribution in [3.05, 3.63) is 22.4 Å². The van der Waals surface area contributed by atoms with Gasteiger partial charge in [-0.1, -0.05) is 6.07 Å². The molecule has 19 heavy (non-hydrogen) atoms. The number of amides is 2. The average molecular weight is 280 g/mol. The van der Waals surface area contributed by atoms with Crippen LogP contribution in [0.5, 0.6) is 0 Å². The first-order valence-electron chi connectivity index (χ1n) is 6.79. The van der Waals surface area contributed by atoms with Crippen molar-refractivity contribution < 1.29 is 9.59 Å². The van der Waals surface area contributed by atoms with E-state index in [-0.39, 0.29) is 11.8 Å². The Morgan fingerprint density at radius 3 is 3.00 bits per heavy atom. The third kappa shape index (κ3) is 3.80. The topological polar surface area (TPSA) is 49.4 Å². The van der Waals surface area contributed by atoms with E-state index in [0.29, 0.717) is 23.9 Å². The second-order valence-corrected chi connectivity index (χ2v) is 5.86. The number of carbonyl (C=O) groups is 2. The van der Waals surface area contributed by atoms with E-state index in [1.165, 1.54) is 17.8 Å². The molecule has 5 heteroatoms. The highest BCUT2D eigenvalue weighted by Gasteiger charge is 2.22. The normalized spacial score (nSPS) is 19.2. The zero-order valence-electron chi connectivity index (χ0n) is 11.2. The van der Waals surface area contributed by atoms with Gasteiger partial charge in [0, 0.05) is 25.6 Å². The second kappa shape index (κ2) is 6.70. The van der Waals surface area contributed by atoms with Gasteiger partial charge in [0.25, 0.3) is 5.91 Å². The first kappa shape index (κ1) is 14.1. The Hall–Kier alpha value is -1.36. The molecule has 104 valence electrons. The maximum Gasteiger partial charge on any atom is 0.261 e. The number of nitrogens with one attached hydrogen (secondary N) is 1. The molecule has 1 fully saturated rings. The number of hydrogen-bond donors (Lipinski definition) is 1. The second-order valence-electron chi connectivity index (χ2n) is 4.92. The molecule has 0 aliphatic carbocycles. The van der Waals surface area contributed by atoms with Crippen LogP contribution in [0.25, 0.3) is 0 Å². The molecule has 2 rings (SSSR count). The lowest BCUT2D eigenvalue weighted by Gasteiger charge is -2.33. The predicted octanol–water partition coefficient (Wildman–Crippen LogP) is 2.27. The van der Waals surface area contributed by atoms with Gasteiger partial charge in [-0.15, -0.1) is 11.3 Å². The van der Waals surface area contributed by atoms with Gasteiger partial charge in [-0.2, -0.15) is 0 Å². The molecule has 2 amide bonds. The van der Waals surface area contributed by atoms with E-state index in [0.717, 1.165) is 19.4 Å². The van der Waals surface area contributed by atoms with E-state index in [1.807, 2.05) is 16.3 Å². The Morgan fingerprint density at radius 2 is 2.32 bits per heavy atom. The van der Waals surface area contributed by atoms with Gasteiger partial charge in [-0.3, -0.25) is 9.59 Å². The van der Waals surface area contributed by atoms with E-state index >= 15 is 0 Å². The van der Waals surface area contributed by atoms with Crippen molar-refractivity contribution in [2.75, 3.05) is 13.1 Å². The summed E-state index contributed by atoms with van der Waals surface area (Å²) in [5, 5.41) is 4.66. The van der Waals surface area contributed by atoms with E-state index in [9.17, 15) is 9.59 Å². The van der Waals surface area contributed by atoms with Crippen molar-refractivity contribution in [3.8, 4) is 0 Å². The lowest BCUT2D eigenvalue weighted by atomic mass is 10.0. The van der Waals surface area contributed by atoms with Crippen molar-refractivity contribution >= 4 is 23.2 Å². The molecule has 4 nitrogen and oxygen atoms in total. The molecule has 1 saturated heterocycles. The van der Waals surface area contributed by atoms with Crippen molar-refractivity contribution in [2.24, 2.45) is 0 Å². The minimum Gasteiger partial charge on any atom is -0.351 e. The fraction of sp³-hybridized carbons (Fsp3) is 0.571. The number of piperidine rings is 1. The van der Waals surface area contributed by atoms with E-state index < -0.39 is 0 Å². The van der Waals surface area contributed by atoms with Crippen LogP contribution in [0.4, 0.5) is 0 Å². The average Bonchev–Trinajstić information content (AvgIpc) is 2.93. The number of thiophene rings is 1. The summed E-state index contributed by atoms with van der Waals surface area (Å²) in [6.07, 6.45) is 3.78. The summed E-state index contributed by atoms with van der Waals surface area (Å²) in [5.74, 6) is 0.0631. The molecule has 1 aromatic heterocycles. The maximum atomic E-state index is 12.1. The van der Waals surface area contributed by atoms with Crippen molar-refractivity contribution in [1.82, 2.24) is 10.2 Å². The molecule has 0 saturated carbocycles. The standard InChI is InChI=1S/C14H20N2O2S/c1-11-5-2-3-9-16(11)13(17)7-8-15-14(18)12-6-4-10-19-12/h4,6,10-11H,2-3,5,7-9H2,1H3,(H,15,18). The minimum atomic E-state index is -0.0884. The van der Waals surface area contributed by atoms with Crippen LogP contribution < -0.4 is 5.32 Å². The van der Waals surface area contributed by atoms with Crippen LogP contribution in [0.1, 0.15) is 42.3 Å². The molecule has 1 N–H and O–H groups in total. The lowest BCUT2D eigenvalue weighted by Crippen LogP contribution is -2.43. The fourth-order valence-electron chi connectivity index (χ4n) is 2.39. The Balaban J connectivity index is 1.73. The van der Waals surface area contributed by atoms with E-state index in [1.54, 1.807) is 6.07 Å². The number of rotatable bonds is 4. The lowest BCUT2D eigenvalue weighted by molar-refractivity contribution is -0.134. The summed E-state index contributed by atoms with van der Waals surface area (Å²) in [6, 6.07) is 3.98. The maximum absolute atomic E-state index is 12.1. The quantitative estimate of drug-likeness (QED) is 0.919. The number of carbonyl (C=O) groups excluding carboxylic acids is 2. The number of hydrogen-bond acceptors (Lipinski definition) is 3. The monoisotopic (exact) mass is 280 g/mol. The molecule has 1 aliphatic heterocycles. The Kier molecular flexibility index (Phi) is 4.96. The largest absolute Gasteiger partial charge is 0.351 e. The van der Waals surface area contributed by atoms with Crippen molar-refractivity contribution in [1.29, 1.82) is 0 Å². The van der Waals surface area contributed by atoms with E-state index in [2.05, 4.69) is 12.2 Å². The molecule has 2 heterocycles. The summed E-state index contributed by atoms with van der Waals surface area (Å²) in [6.45, 7) is 3.37. The van der Waals surface area contributed by atoms with Crippen LogP contribution in [0, 0.1) is 0 Å². The molecule has 0 spiro atoms. The van der Waals surface area contributed by atoms with Crippen LogP contribution in [0.2, 0.25) is 0 Å². The Morgan fingerprint density at radius 1 is 1.47 bits per heavy atom. The van der Waals surface area contributed by atoms with Crippen LogP contribution in [-0.2, 0) is 4.79 Å². The zero-order valence-corrected chi connectivity index (χ0v) is 12.0. The van der Waals surface area contributed by atoms with Gasteiger partial charge in [0.05, 0.1) is 4.88 Å². The summed E-state index contributed by atoms with van der Waals surface area (Å²) in [5.41, 5.74) is 0. The predicted molar refractivity (Wildman–Crippen MR) is 76.3 cm³/mol. The first-order chi connectivity index (χ1) is 9.18. The van der Waals surface area contributed by atoms with Gasteiger partial charge in [0.15, 0.2) is 0 Å². The number of nitrogens with zero attached hydrogens (tertiary/aromatic N) is 1. The molecular formula is C14H20N2O2S. The molecular weight excluding hydrogens is 260 g/mol. The third-order valence-electron chi connectivity index (χ3n) is 3.49. The first-order valence-corrected chi connectivity index (χ1v) is 7.67. The highest BCUT2D eigenvalue weighted by Crippen LogP contribution is 2.17. The van der Waals surface area contributed by atoms with Crippen LogP contribution in [-0.4, -0.2) is 35.8 Å². The van der Waals surface area contributed by atoms with Crippen LogP contribution >= 0.6 is 11.3 Å². The highest BCUT2D eigenvalue weighted by molar-refractivity contribution is 7.12. The Labute approximate surface area is 117 Å². The summed E-state index contributed by atoms with van der Waals surface area (Å²) < 4.78 is 0. The molecule has 1 atom stereocenters. The Bertz CT molecular complexity index is 431. The smallest absolute Gasteiger partial charge is 0.261 e. The number of likely N-dealkylation sites (tertiary alicyclic amines) is 1. The molecule has 1 unspecified atom stereocenters. The zero-order chi connectivity index (χ0) is 13.7. The van der Waals surface area contributed by atoms with Gasteiger partial charge in [0.2, 0.25) is 5.91 Å². The molecule has 1 aliphatic rings. The molecule has 0 aromatic carbocycles. The summed E-state index contributed by atoms with van der Waals surface area (Å²) >= 11 is 1.41. The van der Waals surface area contributed by atoms with Gasteiger partial charge in [0.1, 0.15) is 0 Å². The summed E-state index contributed by atoms with van der Waals surface area (Å²) in [7, 11) is 0. The summed E-state index contributed by atoms with van der Waals surface area (Å²) in [4.78, 5) is 26.4. The van der Waals surface area contributed by atoms with Crippen molar-refractivity contribution in [2.45, 2.75) is 38.6 Å². The van der Waals surface area contributed by atoms with Gasteiger partial charge < -0.3 is 10.2 Å².